The lowest BCUT2D eigenvalue weighted by molar-refractivity contribution is 0.484. The molecular weight excluding hydrogens is 174 g/mol. The second kappa shape index (κ2) is 3.38. The third kappa shape index (κ3) is 1.67. The van der Waals surface area contributed by atoms with E-state index in [4.69, 9.17) is 0 Å². The average Bonchev–Trinajstić information content (AvgIpc) is 2.56. The van der Waals surface area contributed by atoms with Gasteiger partial charge in [-0.2, -0.15) is 13.8 Å². The molecule has 70 valence electrons. The molecule has 1 unspecified atom stereocenters. The van der Waals surface area contributed by atoms with Gasteiger partial charge in [-0.1, -0.05) is 0 Å². The van der Waals surface area contributed by atoms with E-state index in [1.165, 1.54) is 12.1 Å². The largest absolute Gasteiger partial charge is 0.310 e. The van der Waals surface area contributed by atoms with E-state index in [0.717, 1.165) is 19.4 Å². The van der Waals surface area contributed by atoms with Crippen molar-refractivity contribution >= 4 is 0 Å². The second-order valence-corrected chi connectivity index (χ2v) is 3.16. The summed E-state index contributed by atoms with van der Waals surface area (Å²) in [4.78, 5) is 3.14. The van der Waals surface area contributed by atoms with Crippen molar-refractivity contribution in [3.05, 3.63) is 29.6 Å². The van der Waals surface area contributed by atoms with Crippen molar-refractivity contribution in [2.75, 3.05) is 6.54 Å². The van der Waals surface area contributed by atoms with Crippen LogP contribution in [0.2, 0.25) is 0 Å². The molecule has 1 aromatic heterocycles. The fourth-order valence-corrected chi connectivity index (χ4v) is 1.63. The van der Waals surface area contributed by atoms with E-state index in [1.807, 2.05) is 0 Å². The van der Waals surface area contributed by atoms with Gasteiger partial charge in [0.2, 0.25) is 11.9 Å². The Bertz CT molecular complexity index is 308. The van der Waals surface area contributed by atoms with Crippen LogP contribution in [0.3, 0.4) is 0 Å². The van der Waals surface area contributed by atoms with Crippen molar-refractivity contribution in [1.82, 2.24) is 10.3 Å². The number of aromatic nitrogens is 1. The smallest absolute Gasteiger partial charge is 0.220 e. The third-order valence-corrected chi connectivity index (χ3v) is 2.28. The molecule has 0 radical (unpaired) electrons. The highest BCUT2D eigenvalue weighted by Gasteiger charge is 2.20. The maximum atomic E-state index is 13.1. The summed E-state index contributed by atoms with van der Waals surface area (Å²) in [5.41, 5.74) is 0.471. The normalized spacial score (nSPS) is 22.2. The van der Waals surface area contributed by atoms with Gasteiger partial charge in [-0.25, -0.2) is 0 Å². The fraction of sp³-hybridized carbons (Fsp3) is 0.444. The first-order valence-electron chi connectivity index (χ1n) is 4.33. The monoisotopic (exact) mass is 184 g/mol. The van der Waals surface area contributed by atoms with Crippen LogP contribution in [0, 0.1) is 11.9 Å². The molecule has 1 aromatic rings. The molecule has 1 saturated heterocycles. The van der Waals surface area contributed by atoms with Crippen LogP contribution in [0.25, 0.3) is 0 Å². The maximum Gasteiger partial charge on any atom is 0.220 e. The topological polar surface area (TPSA) is 24.9 Å². The van der Waals surface area contributed by atoms with Crippen LogP contribution in [-0.2, 0) is 0 Å². The Balaban J connectivity index is 2.29. The SMILES string of the molecule is Fc1ccc(C2CCCN2)c(F)n1. The Morgan fingerprint density at radius 1 is 1.38 bits per heavy atom. The van der Waals surface area contributed by atoms with Crippen LogP contribution in [-0.4, -0.2) is 11.5 Å². The van der Waals surface area contributed by atoms with Gasteiger partial charge in [-0.3, -0.25) is 0 Å². The predicted molar refractivity (Wildman–Crippen MR) is 44.1 cm³/mol. The van der Waals surface area contributed by atoms with Gasteiger partial charge in [-0.05, 0) is 31.5 Å². The molecule has 0 aliphatic carbocycles. The van der Waals surface area contributed by atoms with E-state index in [2.05, 4.69) is 10.3 Å². The van der Waals surface area contributed by atoms with Crippen LogP contribution in [0.5, 0.6) is 0 Å². The lowest BCUT2D eigenvalue weighted by Gasteiger charge is -2.10. The standard InChI is InChI=1S/C9H10F2N2/c10-8-4-3-6(9(11)13-8)7-2-1-5-12-7/h3-4,7,12H,1-2,5H2. The summed E-state index contributed by atoms with van der Waals surface area (Å²) in [6.45, 7) is 0.890. The quantitative estimate of drug-likeness (QED) is 0.673. The first-order chi connectivity index (χ1) is 6.27. The molecule has 0 bridgehead atoms. The van der Waals surface area contributed by atoms with E-state index in [9.17, 15) is 8.78 Å². The molecule has 0 amide bonds. The van der Waals surface area contributed by atoms with E-state index in [0.29, 0.717) is 5.56 Å². The van der Waals surface area contributed by atoms with Crippen LogP contribution < -0.4 is 5.32 Å². The molecule has 0 aromatic carbocycles. The number of halogens is 2. The van der Waals surface area contributed by atoms with Gasteiger partial charge in [0.1, 0.15) is 0 Å². The van der Waals surface area contributed by atoms with Gasteiger partial charge >= 0.3 is 0 Å². The summed E-state index contributed by atoms with van der Waals surface area (Å²) in [7, 11) is 0. The molecule has 13 heavy (non-hydrogen) atoms. The molecule has 1 atom stereocenters. The molecule has 2 nitrogen and oxygen atoms in total. The highest BCUT2D eigenvalue weighted by atomic mass is 19.1. The van der Waals surface area contributed by atoms with E-state index in [1.54, 1.807) is 0 Å². The summed E-state index contributed by atoms with van der Waals surface area (Å²) < 4.78 is 25.6. The fourth-order valence-electron chi connectivity index (χ4n) is 1.63. The van der Waals surface area contributed by atoms with Gasteiger partial charge in [0.05, 0.1) is 0 Å². The Morgan fingerprint density at radius 3 is 2.85 bits per heavy atom. The molecule has 1 N–H and O–H groups in total. The van der Waals surface area contributed by atoms with Gasteiger partial charge in [0, 0.05) is 11.6 Å². The Hall–Kier alpha value is -1.03. The molecule has 1 aliphatic heterocycles. The first kappa shape index (κ1) is 8.56. The van der Waals surface area contributed by atoms with Gasteiger partial charge in [0.25, 0.3) is 0 Å². The van der Waals surface area contributed by atoms with Crippen LogP contribution in [0.4, 0.5) is 8.78 Å². The predicted octanol–water partition coefficient (Wildman–Crippen LogP) is 1.78. The first-order valence-corrected chi connectivity index (χ1v) is 4.33. The summed E-state index contributed by atoms with van der Waals surface area (Å²) in [6, 6.07) is 2.66. The summed E-state index contributed by atoms with van der Waals surface area (Å²) >= 11 is 0. The molecule has 0 saturated carbocycles. The summed E-state index contributed by atoms with van der Waals surface area (Å²) in [6.07, 6.45) is 1.92. The zero-order valence-corrected chi connectivity index (χ0v) is 7.06. The lowest BCUT2D eigenvalue weighted by Crippen LogP contribution is -2.15. The molecule has 1 fully saturated rings. The average molecular weight is 184 g/mol. The minimum absolute atomic E-state index is 0.00750. The molecule has 0 spiro atoms. The van der Waals surface area contributed by atoms with Gasteiger partial charge < -0.3 is 5.32 Å². The Morgan fingerprint density at radius 2 is 2.23 bits per heavy atom. The lowest BCUT2D eigenvalue weighted by atomic mass is 10.1. The maximum absolute atomic E-state index is 13.1. The molecular formula is C9H10F2N2. The van der Waals surface area contributed by atoms with Gasteiger partial charge in [-0.15, -0.1) is 0 Å². The number of hydrogen-bond donors (Lipinski definition) is 1. The second-order valence-electron chi connectivity index (χ2n) is 3.16. The minimum Gasteiger partial charge on any atom is -0.310 e. The van der Waals surface area contributed by atoms with Crippen LogP contribution >= 0.6 is 0 Å². The number of nitrogens with zero attached hydrogens (tertiary/aromatic N) is 1. The van der Waals surface area contributed by atoms with Crippen LogP contribution in [0.15, 0.2) is 12.1 Å². The zero-order chi connectivity index (χ0) is 9.26. The Labute approximate surface area is 75.0 Å². The minimum atomic E-state index is -0.765. The number of nitrogens with one attached hydrogen (secondary N) is 1. The van der Waals surface area contributed by atoms with E-state index < -0.39 is 11.9 Å². The van der Waals surface area contributed by atoms with Crippen LogP contribution in [0.1, 0.15) is 24.4 Å². The highest BCUT2D eigenvalue weighted by Crippen LogP contribution is 2.24. The van der Waals surface area contributed by atoms with Gasteiger partial charge in [0.15, 0.2) is 0 Å². The number of rotatable bonds is 1. The van der Waals surface area contributed by atoms with Crippen molar-refractivity contribution < 1.29 is 8.78 Å². The molecule has 2 heterocycles. The van der Waals surface area contributed by atoms with Crippen molar-refractivity contribution in [3.63, 3.8) is 0 Å². The molecule has 4 heteroatoms. The highest BCUT2D eigenvalue weighted by molar-refractivity contribution is 5.17. The number of pyridine rings is 1. The van der Waals surface area contributed by atoms with Crippen molar-refractivity contribution in [3.8, 4) is 0 Å². The van der Waals surface area contributed by atoms with E-state index >= 15 is 0 Å². The molecule has 1 aliphatic rings. The number of hydrogen-bond acceptors (Lipinski definition) is 2. The third-order valence-electron chi connectivity index (χ3n) is 2.28. The Kier molecular flexibility index (Phi) is 2.22. The van der Waals surface area contributed by atoms with Crippen molar-refractivity contribution in [2.45, 2.75) is 18.9 Å². The van der Waals surface area contributed by atoms with Crippen molar-refractivity contribution in [2.24, 2.45) is 0 Å². The zero-order valence-electron chi connectivity index (χ0n) is 7.06. The summed E-state index contributed by atoms with van der Waals surface area (Å²) in [5.74, 6) is -1.46. The van der Waals surface area contributed by atoms with E-state index in [-0.39, 0.29) is 6.04 Å². The van der Waals surface area contributed by atoms with Crippen molar-refractivity contribution in [1.29, 1.82) is 0 Å². The molecule has 2 rings (SSSR count). The summed E-state index contributed by atoms with van der Waals surface area (Å²) in [5, 5.41) is 3.13.